The summed E-state index contributed by atoms with van der Waals surface area (Å²) in [7, 11) is 0. The third kappa shape index (κ3) is 4.52. The molecule has 0 saturated carbocycles. The molecule has 0 aliphatic rings. The van der Waals surface area contributed by atoms with Crippen molar-refractivity contribution in [1.29, 1.82) is 0 Å². The van der Waals surface area contributed by atoms with Crippen LogP contribution in [0.1, 0.15) is 30.6 Å². The highest BCUT2D eigenvalue weighted by atomic mass is 35.5. The first-order valence-electron chi connectivity index (χ1n) is 6.26. The van der Waals surface area contributed by atoms with Crippen LogP contribution < -0.4 is 5.32 Å². The van der Waals surface area contributed by atoms with Crippen LogP contribution in [0.5, 0.6) is 0 Å². The Morgan fingerprint density at radius 1 is 1.37 bits per heavy atom. The van der Waals surface area contributed by atoms with Crippen LogP contribution >= 0.6 is 11.6 Å². The number of rotatable bonds is 6. The molecular weight excluding hydrogens is 266 g/mol. The Kier molecular flexibility index (Phi) is 6.29. The average molecular weight is 284 g/mol. The summed E-state index contributed by atoms with van der Waals surface area (Å²) in [5.74, 6) is -0.284. The Hall–Kier alpha value is -1.62. The number of hydrogen-bond donors (Lipinski definition) is 1. The minimum absolute atomic E-state index is 0.0302. The molecule has 0 aliphatic carbocycles. The number of aromatic nitrogens is 1. The van der Waals surface area contributed by atoms with Crippen molar-refractivity contribution in [3.05, 3.63) is 29.0 Å². The van der Waals surface area contributed by atoms with Gasteiger partial charge in [-0.3, -0.25) is 9.59 Å². The Balaban J connectivity index is 2.44. The van der Waals surface area contributed by atoms with Gasteiger partial charge < -0.3 is 10.2 Å². The number of amides is 2. The van der Waals surface area contributed by atoms with Crippen LogP contribution in [0.3, 0.4) is 0 Å². The molecule has 1 aromatic rings. The van der Waals surface area contributed by atoms with Crippen molar-refractivity contribution in [3.63, 3.8) is 0 Å². The summed E-state index contributed by atoms with van der Waals surface area (Å²) in [5, 5.41) is 2.82. The fourth-order valence-corrected chi connectivity index (χ4v) is 1.87. The van der Waals surface area contributed by atoms with E-state index in [0.717, 1.165) is 0 Å². The fourth-order valence-electron chi connectivity index (χ4n) is 1.67. The number of carbonyl (C=O) groups excluding carboxylic acids is 2. The second kappa shape index (κ2) is 7.74. The van der Waals surface area contributed by atoms with E-state index >= 15 is 0 Å². The quantitative estimate of drug-likeness (QED) is 0.809. The fraction of sp³-hybridized carbons (Fsp3) is 0.462. The molecule has 0 spiro atoms. The normalized spacial score (nSPS) is 10.1. The molecule has 0 aliphatic heterocycles. The Morgan fingerprint density at radius 3 is 2.63 bits per heavy atom. The molecule has 0 saturated heterocycles. The molecule has 19 heavy (non-hydrogen) atoms. The smallest absolute Gasteiger partial charge is 0.254 e. The molecule has 1 heterocycles. The van der Waals surface area contributed by atoms with E-state index in [0.29, 0.717) is 25.2 Å². The lowest BCUT2D eigenvalue weighted by Crippen LogP contribution is -2.34. The van der Waals surface area contributed by atoms with Gasteiger partial charge in [0.25, 0.3) is 5.91 Å². The first-order chi connectivity index (χ1) is 9.10. The highest BCUT2D eigenvalue weighted by Gasteiger charge is 2.12. The molecule has 0 radical (unpaired) electrons. The summed E-state index contributed by atoms with van der Waals surface area (Å²) in [4.78, 5) is 29.1. The van der Waals surface area contributed by atoms with Crippen LogP contribution in [0, 0.1) is 0 Å². The van der Waals surface area contributed by atoms with Gasteiger partial charge in [0.1, 0.15) is 5.15 Å². The number of hydrogen-bond acceptors (Lipinski definition) is 3. The number of halogens is 1. The van der Waals surface area contributed by atoms with Gasteiger partial charge in [0, 0.05) is 32.3 Å². The summed E-state index contributed by atoms with van der Waals surface area (Å²) in [6, 6.07) is 3.23. The van der Waals surface area contributed by atoms with Crippen molar-refractivity contribution in [2.45, 2.75) is 20.3 Å². The maximum absolute atomic E-state index is 11.8. The van der Waals surface area contributed by atoms with Gasteiger partial charge in [-0.2, -0.15) is 0 Å². The van der Waals surface area contributed by atoms with E-state index in [1.807, 2.05) is 13.8 Å². The number of nitrogens with one attached hydrogen (secondary N) is 1. The van der Waals surface area contributed by atoms with Crippen molar-refractivity contribution in [1.82, 2.24) is 15.2 Å². The predicted octanol–water partition coefficient (Wildman–Crippen LogP) is 1.72. The first kappa shape index (κ1) is 15.4. The Bertz CT molecular complexity index is 447. The highest BCUT2D eigenvalue weighted by Crippen LogP contribution is 2.10. The zero-order valence-corrected chi connectivity index (χ0v) is 11.9. The molecule has 1 rings (SSSR count). The molecule has 5 nitrogen and oxygen atoms in total. The van der Waals surface area contributed by atoms with E-state index in [4.69, 9.17) is 11.6 Å². The number of carbonyl (C=O) groups is 2. The second-order valence-corrected chi connectivity index (χ2v) is 4.27. The van der Waals surface area contributed by atoms with Crippen molar-refractivity contribution in [2.75, 3.05) is 19.6 Å². The minimum atomic E-state index is -0.314. The lowest BCUT2D eigenvalue weighted by Gasteiger charge is -2.18. The zero-order valence-electron chi connectivity index (χ0n) is 11.1. The molecule has 0 atom stereocenters. The standard InChI is InChI=1S/C13H18ClN3O2/c1-3-17(4-2)11(18)7-9-16-13(19)10-6-5-8-15-12(10)14/h5-6,8H,3-4,7,9H2,1-2H3,(H,16,19). The SMILES string of the molecule is CCN(CC)C(=O)CCNC(=O)c1cccnc1Cl. The lowest BCUT2D eigenvalue weighted by molar-refractivity contribution is -0.130. The summed E-state index contributed by atoms with van der Waals surface area (Å²) in [6.07, 6.45) is 1.80. The molecule has 6 heteroatoms. The molecule has 1 aromatic heterocycles. The van der Waals surface area contributed by atoms with Crippen molar-refractivity contribution in [3.8, 4) is 0 Å². The van der Waals surface area contributed by atoms with Gasteiger partial charge in [0.2, 0.25) is 5.91 Å². The summed E-state index contributed by atoms with van der Waals surface area (Å²) < 4.78 is 0. The summed E-state index contributed by atoms with van der Waals surface area (Å²) in [6.45, 7) is 5.50. The maximum Gasteiger partial charge on any atom is 0.254 e. The molecule has 0 aromatic carbocycles. The summed E-state index contributed by atoms with van der Waals surface area (Å²) >= 11 is 5.81. The highest BCUT2D eigenvalue weighted by molar-refractivity contribution is 6.32. The van der Waals surface area contributed by atoms with Crippen LogP contribution in [0.4, 0.5) is 0 Å². The molecule has 2 amide bonds. The Labute approximate surface area is 118 Å². The molecular formula is C13H18ClN3O2. The third-order valence-corrected chi connectivity index (χ3v) is 3.05. The molecule has 0 bridgehead atoms. The van der Waals surface area contributed by atoms with Crippen molar-refractivity contribution < 1.29 is 9.59 Å². The third-order valence-electron chi connectivity index (χ3n) is 2.74. The maximum atomic E-state index is 11.8. The molecule has 1 N–H and O–H groups in total. The molecule has 0 fully saturated rings. The van der Waals surface area contributed by atoms with Crippen molar-refractivity contribution >= 4 is 23.4 Å². The number of pyridine rings is 1. The van der Waals surface area contributed by atoms with Gasteiger partial charge in [0.15, 0.2) is 0 Å². The van der Waals surface area contributed by atoms with Gasteiger partial charge in [-0.05, 0) is 26.0 Å². The second-order valence-electron chi connectivity index (χ2n) is 3.91. The van der Waals surface area contributed by atoms with Crippen LogP contribution in [-0.2, 0) is 4.79 Å². The monoisotopic (exact) mass is 283 g/mol. The molecule has 104 valence electrons. The van der Waals surface area contributed by atoms with E-state index in [-0.39, 0.29) is 23.4 Å². The van der Waals surface area contributed by atoms with E-state index < -0.39 is 0 Å². The molecule has 0 unspecified atom stereocenters. The van der Waals surface area contributed by atoms with Crippen LogP contribution in [-0.4, -0.2) is 41.3 Å². The van der Waals surface area contributed by atoms with Gasteiger partial charge in [0.05, 0.1) is 5.56 Å². The van der Waals surface area contributed by atoms with Crippen molar-refractivity contribution in [2.24, 2.45) is 0 Å². The van der Waals surface area contributed by atoms with Gasteiger partial charge in [-0.25, -0.2) is 4.98 Å². The lowest BCUT2D eigenvalue weighted by atomic mass is 10.2. The van der Waals surface area contributed by atoms with Crippen LogP contribution in [0.25, 0.3) is 0 Å². The summed E-state index contributed by atoms with van der Waals surface area (Å²) in [5.41, 5.74) is 0.319. The zero-order chi connectivity index (χ0) is 14.3. The van der Waals surface area contributed by atoms with E-state index in [1.54, 1.807) is 17.0 Å². The van der Waals surface area contributed by atoms with E-state index in [2.05, 4.69) is 10.3 Å². The Morgan fingerprint density at radius 2 is 2.05 bits per heavy atom. The van der Waals surface area contributed by atoms with E-state index in [1.165, 1.54) is 6.20 Å². The van der Waals surface area contributed by atoms with Crippen LogP contribution in [0.2, 0.25) is 5.15 Å². The predicted molar refractivity (Wildman–Crippen MR) is 74.1 cm³/mol. The topological polar surface area (TPSA) is 62.3 Å². The van der Waals surface area contributed by atoms with Gasteiger partial charge in [-0.1, -0.05) is 11.6 Å². The minimum Gasteiger partial charge on any atom is -0.351 e. The van der Waals surface area contributed by atoms with Gasteiger partial charge in [-0.15, -0.1) is 0 Å². The van der Waals surface area contributed by atoms with Gasteiger partial charge >= 0.3 is 0 Å². The van der Waals surface area contributed by atoms with Crippen LogP contribution in [0.15, 0.2) is 18.3 Å². The first-order valence-corrected chi connectivity index (χ1v) is 6.64. The van der Waals surface area contributed by atoms with E-state index in [9.17, 15) is 9.59 Å². The largest absolute Gasteiger partial charge is 0.351 e. The average Bonchev–Trinajstić information content (AvgIpc) is 2.40. The number of nitrogens with zero attached hydrogens (tertiary/aromatic N) is 2.